The van der Waals surface area contributed by atoms with Crippen LogP contribution in [-0.2, 0) is 6.54 Å². The number of carbonyl (C=O) groups is 1. The highest BCUT2D eigenvalue weighted by Crippen LogP contribution is 2.32. The van der Waals surface area contributed by atoms with Gasteiger partial charge in [0.05, 0.1) is 12.2 Å². The van der Waals surface area contributed by atoms with Gasteiger partial charge in [-0.1, -0.05) is 11.3 Å². The number of nitrogens with one attached hydrogen (secondary N) is 1. The van der Waals surface area contributed by atoms with Gasteiger partial charge in [0.25, 0.3) is 5.91 Å². The Morgan fingerprint density at radius 1 is 1.31 bits per heavy atom. The van der Waals surface area contributed by atoms with Crippen molar-refractivity contribution in [2.24, 2.45) is 0 Å². The molecule has 2 aliphatic heterocycles. The van der Waals surface area contributed by atoms with Gasteiger partial charge in [0, 0.05) is 13.6 Å². The van der Waals surface area contributed by atoms with Crippen LogP contribution in [0.2, 0.25) is 0 Å². The Hall–Kier alpha value is -2.32. The van der Waals surface area contributed by atoms with E-state index in [1.807, 2.05) is 22.9 Å². The molecular weight excluding hydrogens is 358 g/mol. The van der Waals surface area contributed by atoms with Crippen molar-refractivity contribution in [3.63, 3.8) is 0 Å². The largest absolute Gasteiger partial charge is 0.454 e. The summed E-state index contributed by atoms with van der Waals surface area (Å²) in [4.78, 5) is 14.3. The molecule has 1 fully saturated rings. The highest BCUT2D eigenvalue weighted by atomic mass is 35.5. The predicted octanol–water partition coefficient (Wildman–Crippen LogP) is 1.63. The molecular formula is C17H22ClN5O3. The monoisotopic (exact) mass is 379 g/mol. The Bertz CT molecular complexity index is 776. The lowest BCUT2D eigenvalue weighted by atomic mass is 10.1. The summed E-state index contributed by atoms with van der Waals surface area (Å²) in [5.74, 6) is 1.32. The van der Waals surface area contributed by atoms with Gasteiger partial charge in [-0.05, 0) is 43.6 Å². The quantitative estimate of drug-likeness (QED) is 0.869. The Morgan fingerprint density at radius 2 is 2.08 bits per heavy atom. The van der Waals surface area contributed by atoms with Gasteiger partial charge in [-0.2, -0.15) is 0 Å². The zero-order valence-corrected chi connectivity index (χ0v) is 15.4. The molecule has 4 rings (SSSR count). The number of benzene rings is 1. The topological polar surface area (TPSA) is 81.5 Å². The van der Waals surface area contributed by atoms with Crippen LogP contribution in [-0.4, -0.2) is 52.7 Å². The SMILES string of the molecule is CN(Cc1ccc2c(c1)OCO2)C(=O)c1cn(C2CCNCC2)nn1.Cl. The fraction of sp³-hybridized carbons (Fsp3) is 0.471. The van der Waals surface area contributed by atoms with E-state index in [1.54, 1.807) is 18.1 Å². The molecule has 140 valence electrons. The van der Waals surface area contributed by atoms with Crippen molar-refractivity contribution in [3.05, 3.63) is 35.7 Å². The van der Waals surface area contributed by atoms with E-state index >= 15 is 0 Å². The zero-order valence-electron chi connectivity index (χ0n) is 14.6. The Labute approximate surface area is 157 Å². The van der Waals surface area contributed by atoms with Crippen LogP contribution in [0.5, 0.6) is 11.5 Å². The first kappa shape index (κ1) is 18.5. The minimum absolute atomic E-state index is 0. The first-order chi connectivity index (χ1) is 12.2. The van der Waals surface area contributed by atoms with Gasteiger partial charge in [-0.15, -0.1) is 17.5 Å². The van der Waals surface area contributed by atoms with Crippen molar-refractivity contribution in [1.29, 1.82) is 0 Å². The number of hydrogen-bond donors (Lipinski definition) is 1. The van der Waals surface area contributed by atoms with Gasteiger partial charge in [0.1, 0.15) is 0 Å². The van der Waals surface area contributed by atoms with Gasteiger partial charge in [-0.3, -0.25) is 4.79 Å². The number of nitrogens with zero attached hydrogens (tertiary/aromatic N) is 4. The number of halogens is 1. The van der Waals surface area contributed by atoms with E-state index in [9.17, 15) is 4.79 Å². The van der Waals surface area contributed by atoms with Crippen LogP contribution in [0.15, 0.2) is 24.4 Å². The molecule has 26 heavy (non-hydrogen) atoms. The second kappa shape index (κ2) is 7.92. The van der Waals surface area contributed by atoms with E-state index in [2.05, 4.69) is 15.6 Å². The number of rotatable bonds is 4. The highest BCUT2D eigenvalue weighted by molar-refractivity contribution is 5.91. The lowest BCUT2D eigenvalue weighted by Crippen LogP contribution is -2.29. The normalized spacial score (nSPS) is 16.2. The molecule has 0 saturated carbocycles. The lowest BCUT2D eigenvalue weighted by molar-refractivity contribution is 0.0779. The van der Waals surface area contributed by atoms with Crippen LogP contribution in [0.1, 0.15) is 34.9 Å². The molecule has 0 spiro atoms. The summed E-state index contributed by atoms with van der Waals surface area (Å²) in [6.07, 6.45) is 3.77. The van der Waals surface area contributed by atoms with E-state index in [4.69, 9.17) is 9.47 Å². The van der Waals surface area contributed by atoms with Crippen molar-refractivity contribution >= 4 is 18.3 Å². The minimum Gasteiger partial charge on any atom is -0.454 e. The number of carbonyl (C=O) groups excluding carboxylic acids is 1. The summed E-state index contributed by atoms with van der Waals surface area (Å²) in [7, 11) is 1.76. The van der Waals surface area contributed by atoms with E-state index in [1.165, 1.54) is 0 Å². The van der Waals surface area contributed by atoms with E-state index in [-0.39, 0.29) is 25.1 Å². The van der Waals surface area contributed by atoms with Gasteiger partial charge < -0.3 is 19.7 Å². The molecule has 1 aromatic carbocycles. The average molecular weight is 380 g/mol. The van der Waals surface area contributed by atoms with Crippen molar-refractivity contribution in [2.45, 2.75) is 25.4 Å². The number of piperidine rings is 1. The summed E-state index contributed by atoms with van der Waals surface area (Å²) < 4.78 is 12.5. The zero-order chi connectivity index (χ0) is 17.2. The van der Waals surface area contributed by atoms with E-state index in [0.717, 1.165) is 43.0 Å². The molecule has 3 heterocycles. The maximum atomic E-state index is 12.6. The van der Waals surface area contributed by atoms with Crippen LogP contribution in [0.4, 0.5) is 0 Å². The van der Waals surface area contributed by atoms with Gasteiger partial charge in [0.2, 0.25) is 6.79 Å². The number of aromatic nitrogens is 3. The van der Waals surface area contributed by atoms with Crippen LogP contribution in [0, 0.1) is 0 Å². The third-order valence-electron chi connectivity index (χ3n) is 4.62. The van der Waals surface area contributed by atoms with Crippen molar-refractivity contribution < 1.29 is 14.3 Å². The van der Waals surface area contributed by atoms with Crippen LogP contribution < -0.4 is 14.8 Å². The van der Waals surface area contributed by atoms with E-state index < -0.39 is 0 Å². The van der Waals surface area contributed by atoms with Crippen LogP contribution >= 0.6 is 12.4 Å². The predicted molar refractivity (Wildman–Crippen MR) is 96.8 cm³/mol. The molecule has 0 bridgehead atoms. The second-order valence-electron chi connectivity index (χ2n) is 6.41. The molecule has 1 amide bonds. The van der Waals surface area contributed by atoms with E-state index in [0.29, 0.717) is 18.3 Å². The number of hydrogen-bond acceptors (Lipinski definition) is 6. The first-order valence-corrected chi connectivity index (χ1v) is 8.47. The second-order valence-corrected chi connectivity index (χ2v) is 6.41. The van der Waals surface area contributed by atoms with Crippen LogP contribution in [0.25, 0.3) is 0 Å². The third kappa shape index (κ3) is 3.76. The number of ether oxygens (including phenoxy) is 2. The fourth-order valence-electron chi connectivity index (χ4n) is 3.20. The van der Waals surface area contributed by atoms with Gasteiger partial charge in [0.15, 0.2) is 17.2 Å². The molecule has 0 radical (unpaired) electrons. The lowest BCUT2D eigenvalue weighted by Gasteiger charge is -2.22. The van der Waals surface area contributed by atoms with Crippen molar-refractivity contribution in [3.8, 4) is 11.5 Å². The summed E-state index contributed by atoms with van der Waals surface area (Å²) in [6, 6.07) is 6.01. The average Bonchev–Trinajstić information content (AvgIpc) is 3.31. The maximum Gasteiger partial charge on any atom is 0.276 e. The number of amides is 1. The summed E-state index contributed by atoms with van der Waals surface area (Å²) >= 11 is 0. The highest BCUT2D eigenvalue weighted by Gasteiger charge is 2.21. The summed E-state index contributed by atoms with van der Waals surface area (Å²) in [6.45, 7) is 2.65. The standard InChI is InChI=1S/C17H21N5O3.ClH/c1-21(9-12-2-3-15-16(8-12)25-11-24-15)17(23)14-10-22(20-19-14)13-4-6-18-7-5-13;/h2-3,8,10,13,18H,4-7,9,11H2,1H3;1H. The Balaban J connectivity index is 0.00000196. The third-order valence-corrected chi connectivity index (χ3v) is 4.62. The van der Waals surface area contributed by atoms with Gasteiger partial charge in [-0.25, -0.2) is 4.68 Å². The smallest absolute Gasteiger partial charge is 0.276 e. The molecule has 2 aliphatic rings. The first-order valence-electron chi connectivity index (χ1n) is 8.47. The molecule has 1 aromatic heterocycles. The van der Waals surface area contributed by atoms with Crippen molar-refractivity contribution in [1.82, 2.24) is 25.2 Å². The Morgan fingerprint density at radius 3 is 2.88 bits per heavy atom. The summed E-state index contributed by atoms with van der Waals surface area (Å²) in [5, 5.41) is 11.5. The minimum atomic E-state index is -0.141. The summed E-state index contributed by atoms with van der Waals surface area (Å²) in [5.41, 5.74) is 1.35. The molecule has 2 aromatic rings. The molecule has 1 saturated heterocycles. The molecule has 0 unspecified atom stereocenters. The molecule has 1 N–H and O–H groups in total. The molecule has 0 aliphatic carbocycles. The molecule has 9 heteroatoms. The van der Waals surface area contributed by atoms with Gasteiger partial charge >= 0.3 is 0 Å². The number of fused-ring (bicyclic) bond motifs is 1. The van der Waals surface area contributed by atoms with Crippen molar-refractivity contribution in [2.75, 3.05) is 26.9 Å². The molecule has 8 nitrogen and oxygen atoms in total. The van der Waals surface area contributed by atoms with Crippen LogP contribution in [0.3, 0.4) is 0 Å². The molecule has 0 atom stereocenters. The maximum absolute atomic E-state index is 12.6. The Kier molecular flexibility index (Phi) is 5.63. The fourth-order valence-corrected chi connectivity index (χ4v) is 3.20.